The second-order valence-electron chi connectivity index (χ2n) is 8.88. The molecule has 0 unspecified atom stereocenters. The topological polar surface area (TPSA) is 114 Å². The minimum absolute atomic E-state index is 0.166. The summed E-state index contributed by atoms with van der Waals surface area (Å²) in [7, 11) is 0. The van der Waals surface area contributed by atoms with E-state index in [-0.39, 0.29) is 11.7 Å². The van der Waals surface area contributed by atoms with Gasteiger partial charge in [0.15, 0.2) is 0 Å². The Morgan fingerprint density at radius 3 is 2.41 bits per heavy atom. The molecule has 0 heterocycles. The van der Waals surface area contributed by atoms with E-state index in [4.69, 9.17) is 10.5 Å². The van der Waals surface area contributed by atoms with Crippen LogP contribution in [0.25, 0.3) is 10.8 Å². The fraction of sp³-hybridized carbons (Fsp3) is 0.161. The van der Waals surface area contributed by atoms with Gasteiger partial charge in [-0.3, -0.25) is 10.1 Å². The number of nitrogens with one attached hydrogen (secondary N) is 2. The van der Waals surface area contributed by atoms with E-state index in [1.165, 1.54) is 6.08 Å². The third kappa shape index (κ3) is 7.55. The summed E-state index contributed by atoms with van der Waals surface area (Å²) in [5.74, 6) is -0.100. The number of anilines is 3. The number of unbranched alkanes of at least 4 members (excludes halogenated alkanes) is 1. The molecule has 5 N–H and O–H groups in total. The fourth-order valence-corrected chi connectivity index (χ4v) is 4.62. The van der Waals surface area contributed by atoms with Gasteiger partial charge in [-0.15, -0.1) is 11.8 Å². The third-order valence-corrected chi connectivity index (χ3v) is 6.94. The normalized spacial score (nSPS) is 11.8. The highest BCUT2D eigenvalue weighted by Gasteiger charge is 2.20. The quantitative estimate of drug-likeness (QED) is 0.0715. The highest BCUT2D eigenvalue weighted by molar-refractivity contribution is 7.98. The Morgan fingerprint density at radius 1 is 0.949 bits per heavy atom. The van der Waals surface area contributed by atoms with Crippen molar-refractivity contribution in [3.05, 3.63) is 103 Å². The van der Waals surface area contributed by atoms with E-state index >= 15 is 0 Å². The predicted molar refractivity (Wildman–Crippen MR) is 159 cm³/mol. The van der Waals surface area contributed by atoms with E-state index in [9.17, 15) is 14.7 Å². The molecule has 4 aromatic rings. The minimum Gasteiger partial charge on any atom is -0.507 e. The highest BCUT2D eigenvalue weighted by atomic mass is 32.2. The summed E-state index contributed by atoms with van der Waals surface area (Å²) in [6, 6.07) is 25.5. The molecule has 0 spiro atoms. The van der Waals surface area contributed by atoms with Crippen LogP contribution in [0.2, 0.25) is 0 Å². The van der Waals surface area contributed by atoms with Crippen molar-refractivity contribution in [3.8, 4) is 5.75 Å². The first-order chi connectivity index (χ1) is 18.9. The number of fused-ring (bicyclic) bond motifs is 1. The number of benzene rings is 4. The van der Waals surface area contributed by atoms with Gasteiger partial charge in [0.2, 0.25) is 5.91 Å². The lowest BCUT2D eigenvalue weighted by molar-refractivity contribution is -0.111. The molecule has 0 saturated carbocycles. The Hall–Kier alpha value is -4.43. The Bertz CT molecular complexity index is 1470. The lowest BCUT2D eigenvalue weighted by Gasteiger charge is -2.21. The Kier molecular flexibility index (Phi) is 9.48. The van der Waals surface area contributed by atoms with Crippen molar-refractivity contribution in [2.45, 2.75) is 30.3 Å². The third-order valence-electron chi connectivity index (χ3n) is 6.19. The van der Waals surface area contributed by atoms with Crippen molar-refractivity contribution >= 4 is 51.6 Å². The first-order valence-electron chi connectivity index (χ1n) is 12.6. The number of para-hydroxylation sites is 2. The second kappa shape index (κ2) is 13.4. The van der Waals surface area contributed by atoms with Crippen LogP contribution in [0.4, 0.5) is 21.9 Å². The zero-order valence-corrected chi connectivity index (χ0v) is 22.4. The van der Waals surface area contributed by atoms with Crippen molar-refractivity contribution in [1.29, 1.82) is 0 Å². The average molecular weight is 542 g/mol. The highest BCUT2D eigenvalue weighted by Crippen LogP contribution is 2.35. The van der Waals surface area contributed by atoms with Crippen molar-refractivity contribution in [3.63, 3.8) is 0 Å². The van der Waals surface area contributed by atoms with E-state index in [1.807, 2.05) is 54.8 Å². The number of thioether (sulfide) groups is 1. The molecular formula is C31H31N3O4S. The van der Waals surface area contributed by atoms with Crippen molar-refractivity contribution in [2.24, 2.45) is 0 Å². The number of allylic oxidation sites excluding steroid dienone is 1. The Morgan fingerprint density at radius 2 is 1.67 bits per heavy atom. The Balaban J connectivity index is 1.43. The number of amides is 2. The van der Waals surface area contributed by atoms with Gasteiger partial charge in [0, 0.05) is 21.5 Å². The van der Waals surface area contributed by atoms with Crippen LogP contribution in [0, 0.1) is 0 Å². The molecule has 1 atom stereocenters. The van der Waals surface area contributed by atoms with Crippen LogP contribution in [0.5, 0.6) is 5.75 Å². The van der Waals surface area contributed by atoms with Gasteiger partial charge in [-0.1, -0.05) is 48.5 Å². The zero-order valence-electron chi connectivity index (χ0n) is 21.6. The van der Waals surface area contributed by atoms with E-state index < -0.39 is 12.2 Å². The van der Waals surface area contributed by atoms with Crippen molar-refractivity contribution < 1.29 is 19.4 Å². The van der Waals surface area contributed by atoms with Crippen LogP contribution >= 0.6 is 11.8 Å². The minimum atomic E-state index is -0.565. The van der Waals surface area contributed by atoms with Gasteiger partial charge in [-0.05, 0) is 79.4 Å². The maximum atomic E-state index is 12.9. The number of phenolic OH excluding ortho intramolecular Hbond substituents is 1. The van der Waals surface area contributed by atoms with Crippen LogP contribution in [0.15, 0.2) is 102 Å². The molecular weight excluding hydrogens is 510 g/mol. The fourth-order valence-electron chi connectivity index (χ4n) is 4.21. The van der Waals surface area contributed by atoms with Gasteiger partial charge in [-0.2, -0.15) is 0 Å². The number of nitrogens with two attached hydrogens (primary N) is 1. The SMILES string of the molecule is CSc1ccc(NC(=O)O[C@H](CCC/C=C/C(=O)Nc2ccccc2N)c2ccc(O)c3ccccc23)cc1. The largest absolute Gasteiger partial charge is 0.507 e. The number of rotatable bonds is 10. The van der Waals surface area contributed by atoms with Crippen LogP contribution in [-0.2, 0) is 9.53 Å². The van der Waals surface area contributed by atoms with E-state index in [2.05, 4.69) is 10.6 Å². The lowest BCUT2D eigenvalue weighted by Crippen LogP contribution is -2.18. The number of aromatic hydroxyl groups is 1. The summed E-state index contributed by atoms with van der Waals surface area (Å²) in [6.07, 6.45) is 5.90. The molecule has 0 aliphatic carbocycles. The molecule has 0 radical (unpaired) electrons. The van der Waals surface area contributed by atoms with Gasteiger partial charge in [0.1, 0.15) is 11.9 Å². The summed E-state index contributed by atoms with van der Waals surface area (Å²) < 4.78 is 5.91. The first-order valence-corrected chi connectivity index (χ1v) is 13.8. The molecule has 0 aliphatic heterocycles. The number of carbonyl (C=O) groups excluding carboxylic acids is 2. The Labute approximate surface area is 232 Å². The summed E-state index contributed by atoms with van der Waals surface area (Å²) in [4.78, 5) is 26.2. The molecule has 200 valence electrons. The molecule has 8 heteroatoms. The maximum absolute atomic E-state index is 12.9. The van der Waals surface area contributed by atoms with Gasteiger partial charge in [-0.25, -0.2) is 4.79 Å². The summed E-state index contributed by atoms with van der Waals surface area (Å²) >= 11 is 1.62. The molecule has 4 aromatic carbocycles. The number of nitrogen functional groups attached to an aromatic ring is 1. The zero-order chi connectivity index (χ0) is 27.6. The smallest absolute Gasteiger partial charge is 0.412 e. The summed E-state index contributed by atoms with van der Waals surface area (Å²) in [6.45, 7) is 0. The van der Waals surface area contributed by atoms with Crippen LogP contribution in [-0.4, -0.2) is 23.4 Å². The van der Waals surface area contributed by atoms with Crippen molar-refractivity contribution in [1.82, 2.24) is 0 Å². The maximum Gasteiger partial charge on any atom is 0.412 e. The lowest BCUT2D eigenvalue weighted by atomic mass is 9.96. The average Bonchev–Trinajstić information content (AvgIpc) is 2.94. The van der Waals surface area contributed by atoms with E-state index in [0.717, 1.165) is 15.8 Å². The van der Waals surface area contributed by atoms with Gasteiger partial charge >= 0.3 is 6.09 Å². The van der Waals surface area contributed by atoms with Crippen molar-refractivity contribution in [2.75, 3.05) is 22.6 Å². The van der Waals surface area contributed by atoms with Crippen LogP contribution in [0.3, 0.4) is 0 Å². The molecule has 0 aromatic heterocycles. The van der Waals surface area contributed by atoms with Crippen LogP contribution < -0.4 is 16.4 Å². The van der Waals surface area contributed by atoms with E-state index in [1.54, 1.807) is 54.2 Å². The number of hydrogen-bond donors (Lipinski definition) is 4. The van der Waals surface area contributed by atoms with Gasteiger partial charge in [0.25, 0.3) is 0 Å². The van der Waals surface area contributed by atoms with Gasteiger partial charge < -0.3 is 20.9 Å². The monoisotopic (exact) mass is 541 g/mol. The molecule has 0 bridgehead atoms. The van der Waals surface area contributed by atoms with Crippen LogP contribution in [0.1, 0.15) is 30.9 Å². The number of phenols is 1. The summed E-state index contributed by atoms with van der Waals surface area (Å²) in [5, 5.41) is 17.4. The molecule has 0 fully saturated rings. The van der Waals surface area contributed by atoms with Gasteiger partial charge in [0.05, 0.1) is 11.4 Å². The predicted octanol–water partition coefficient (Wildman–Crippen LogP) is 7.50. The molecule has 0 aliphatic rings. The molecule has 39 heavy (non-hydrogen) atoms. The molecule has 4 rings (SSSR count). The standard InChI is InChI=1S/C31H31N3O4S/c1-39-22-17-15-21(16-18-22)33-31(37)38-29(25-19-20-28(35)24-10-6-5-9-23(24)25)13-3-2-4-14-30(36)34-27-12-8-7-11-26(27)32/h4-12,14-20,29,35H,2-3,13,32H2,1H3,(H,33,37)(H,34,36)/b14-4+/t29-/m1/s1. The molecule has 7 nitrogen and oxygen atoms in total. The molecule has 2 amide bonds. The number of hydrogen-bond acceptors (Lipinski definition) is 6. The number of carbonyl (C=O) groups is 2. The second-order valence-corrected chi connectivity index (χ2v) is 9.76. The summed E-state index contributed by atoms with van der Waals surface area (Å²) in [5.41, 5.74) is 8.39. The number of ether oxygens (including phenoxy) is 1. The van der Waals surface area contributed by atoms with E-state index in [0.29, 0.717) is 41.7 Å². The molecule has 0 saturated heterocycles. The first kappa shape index (κ1) is 27.6.